The topological polar surface area (TPSA) is 40.9 Å². The van der Waals surface area contributed by atoms with Gasteiger partial charge in [0.2, 0.25) is 0 Å². The summed E-state index contributed by atoms with van der Waals surface area (Å²) >= 11 is 0. The van der Waals surface area contributed by atoms with Gasteiger partial charge in [-0.05, 0) is 91.3 Å². The predicted octanol–water partition coefficient (Wildman–Crippen LogP) is 7.57. The highest BCUT2D eigenvalue weighted by molar-refractivity contribution is 5.81. The maximum Gasteiger partial charge on any atom is 0.134 e. The van der Waals surface area contributed by atoms with E-state index in [0.29, 0.717) is 30.0 Å². The van der Waals surface area contributed by atoms with Crippen molar-refractivity contribution in [2.45, 2.75) is 112 Å². The molecule has 0 N–H and O–H groups in total. The molecule has 30 heavy (non-hydrogen) atoms. The molecule has 0 aromatic heterocycles. The van der Waals surface area contributed by atoms with E-state index in [9.17, 15) is 10.1 Å². The summed E-state index contributed by atoms with van der Waals surface area (Å²) in [4.78, 5) is 12.3. The first-order chi connectivity index (χ1) is 14.2. The van der Waals surface area contributed by atoms with Gasteiger partial charge in [-0.15, -0.1) is 0 Å². The SMILES string of the molecule is CC(C)CCCC(C)C1CCC2C3CCC4(C#N)CC(=O)CCC4(C)C3CCC12C. The third-order valence-corrected chi connectivity index (χ3v) is 11.1. The number of carbonyl (C=O) groups excluding carboxylic acids is 1. The number of ketones is 1. The van der Waals surface area contributed by atoms with Crippen molar-refractivity contribution in [1.82, 2.24) is 0 Å². The summed E-state index contributed by atoms with van der Waals surface area (Å²) in [5.41, 5.74) is 0.187. The average molecular weight is 412 g/mol. The van der Waals surface area contributed by atoms with Crippen molar-refractivity contribution in [3.8, 4) is 6.07 Å². The molecule has 4 fully saturated rings. The molecule has 4 aliphatic rings. The van der Waals surface area contributed by atoms with Gasteiger partial charge in [0.05, 0.1) is 11.5 Å². The molecule has 4 saturated carbocycles. The smallest absolute Gasteiger partial charge is 0.134 e. The number of nitrogens with zero attached hydrogens (tertiary/aromatic N) is 1. The number of nitriles is 1. The van der Waals surface area contributed by atoms with Gasteiger partial charge in [-0.1, -0.05) is 53.9 Å². The summed E-state index contributed by atoms with van der Waals surface area (Å²) in [6, 6.07) is 2.73. The summed E-state index contributed by atoms with van der Waals surface area (Å²) in [6.07, 6.45) is 14.0. The zero-order valence-electron chi connectivity index (χ0n) is 20.3. The van der Waals surface area contributed by atoms with Crippen molar-refractivity contribution in [3.63, 3.8) is 0 Å². The van der Waals surface area contributed by atoms with Crippen molar-refractivity contribution in [1.29, 1.82) is 5.26 Å². The molecule has 168 valence electrons. The molecule has 0 aromatic rings. The summed E-state index contributed by atoms with van der Waals surface area (Å²) < 4.78 is 0. The van der Waals surface area contributed by atoms with E-state index in [1.807, 2.05) is 0 Å². The second-order valence-corrected chi connectivity index (χ2v) is 12.8. The Balaban J connectivity index is 1.53. The third kappa shape index (κ3) is 3.29. The maximum atomic E-state index is 12.3. The van der Waals surface area contributed by atoms with Crippen LogP contribution in [-0.2, 0) is 4.79 Å². The van der Waals surface area contributed by atoms with Crippen LogP contribution in [0.1, 0.15) is 112 Å². The standard InChI is InChI=1S/C28H45NO/c1-19(2)7-6-8-20(3)23-9-10-24-22-12-16-28(18-29)17-21(30)11-15-27(28,5)25(22)13-14-26(23,24)4/h19-20,22-25H,6-17H2,1-5H3. The lowest BCUT2D eigenvalue weighted by molar-refractivity contribution is -0.154. The molecule has 8 unspecified atom stereocenters. The second kappa shape index (κ2) is 7.94. The summed E-state index contributed by atoms with van der Waals surface area (Å²) in [5.74, 6) is 5.19. The highest BCUT2D eigenvalue weighted by Crippen LogP contribution is 2.71. The molecule has 0 aromatic carbocycles. The zero-order valence-corrected chi connectivity index (χ0v) is 20.3. The first kappa shape index (κ1) is 22.4. The first-order valence-corrected chi connectivity index (χ1v) is 13.1. The molecule has 4 rings (SSSR count). The minimum Gasteiger partial charge on any atom is -0.300 e. The van der Waals surface area contributed by atoms with E-state index in [1.54, 1.807) is 0 Å². The van der Waals surface area contributed by atoms with E-state index in [2.05, 4.69) is 40.7 Å². The maximum absolute atomic E-state index is 12.3. The van der Waals surface area contributed by atoms with Gasteiger partial charge in [0, 0.05) is 12.8 Å². The zero-order chi connectivity index (χ0) is 21.7. The van der Waals surface area contributed by atoms with Gasteiger partial charge >= 0.3 is 0 Å². The Morgan fingerprint density at radius 2 is 1.77 bits per heavy atom. The molecule has 0 aliphatic heterocycles. The van der Waals surface area contributed by atoms with Crippen LogP contribution in [-0.4, -0.2) is 5.78 Å². The Labute approximate surface area is 185 Å². The Morgan fingerprint density at radius 3 is 2.47 bits per heavy atom. The number of Topliss-reactive ketones (excluding diaryl/α,β-unsaturated/α-hetero) is 1. The lowest BCUT2D eigenvalue weighted by Gasteiger charge is -2.63. The summed E-state index contributed by atoms with van der Waals surface area (Å²) in [7, 11) is 0. The van der Waals surface area contributed by atoms with E-state index >= 15 is 0 Å². The van der Waals surface area contributed by atoms with Crippen molar-refractivity contribution in [3.05, 3.63) is 0 Å². The number of rotatable bonds is 5. The lowest BCUT2D eigenvalue weighted by atomic mass is 9.40. The highest BCUT2D eigenvalue weighted by Gasteiger charge is 2.65. The molecule has 0 radical (unpaired) electrons. The van der Waals surface area contributed by atoms with Crippen LogP contribution in [0.3, 0.4) is 0 Å². The molecule has 2 heteroatoms. The Kier molecular flexibility index (Phi) is 5.91. The molecule has 2 nitrogen and oxygen atoms in total. The number of fused-ring (bicyclic) bond motifs is 5. The monoisotopic (exact) mass is 411 g/mol. The molecule has 0 amide bonds. The van der Waals surface area contributed by atoms with E-state index in [4.69, 9.17) is 0 Å². The molecule has 8 atom stereocenters. The van der Waals surface area contributed by atoms with Crippen LogP contribution in [0.25, 0.3) is 0 Å². The van der Waals surface area contributed by atoms with Gasteiger partial charge in [0.25, 0.3) is 0 Å². The number of hydrogen-bond donors (Lipinski definition) is 0. The van der Waals surface area contributed by atoms with Crippen LogP contribution in [0, 0.1) is 63.1 Å². The fourth-order valence-corrected chi connectivity index (χ4v) is 9.32. The summed E-state index contributed by atoms with van der Waals surface area (Å²) in [6.45, 7) is 12.3. The van der Waals surface area contributed by atoms with E-state index in [-0.39, 0.29) is 10.8 Å². The normalized spacial score (nSPS) is 46.6. The van der Waals surface area contributed by atoms with Crippen LogP contribution in [0.15, 0.2) is 0 Å². The molecule has 0 bridgehead atoms. The van der Waals surface area contributed by atoms with Crippen LogP contribution in [0.2, 0.25) is 0 Å². The Morgan fingerprint density at radius 1 is 1.00 bits per heavy atom. The largest absolute Gasteiger partial charge is 0.300 e. The third-order valence-electron chi connectivity index (χ3n) is 11.1. The van der Waals surface area contributed by atoms with Crippen LogP contribution in [0.5, 0.6) is 0 Å². The van der Waals surface area contributed by atoms with Gasteiger partial charge in [0.15, 0.2) is 0 Å². The molecular formula is C28H45NO. The average Bonchev–Trinajstić information content (AvgIpc) is 3.05. The molecule has 0 heterocycles. The van der Waals surface area contributed by atoms with Gasteiger partial charge in [-0.3, -0.25) is 4.79 Å². The van der Waals surface area contributed by atoms with Crippen LogP contribution in [0.4, 0.5) is 0 Å². The van der Waals surface area contributed by atoms with E-state index < -0.39 is 0 Å². The second-order valence-electron chi connectivity index (χ2n) is 12.8. The Hall–Kier alpha value is -0.840. The minimum absolute atomic E-state index is 0.0564. The number of hydrogen-bond acceptors (Lipinski definition) is 2. The van der Waals surface area contributed by atoms with Gasteiger partial charge in [0.1, 0.15) is 5.78 Å². The first-order valence-electron chi connectivity index (χ1n) is 13.1. The van der Waals surface area contributed by atoms with Crippen molar-refractivity contribution >= 4 is 5.78 Å². The minimum atomic E-state index is -0.376. The fraction of sp³-hybridized carbons (Fsp3) is 0.929. The van der Waals surface area contributed by atoms with Gasteiger partial charge in [-0.2, -0.15) is 5.26 Å². The number of carbonyl (C=O) groups is 1. The molecular weight excluding hydrogens is 366 g/mol. The van der Waals surface area contributed by atoms with Crippen molar-refractivity contribution < 1.29 is 4.79 Å². The summed E-state index contributed by atoms with van der Waals surface area (Å²) in [5, 5.41) is 10.2. The highest BCUT2D eigenvalue weighted by atomic mass is 16.1. The van der Waals surface area contributed by atoms with Crippen LogP contribution < -0.4 is 0 Å². The lowest BCUT2D eigenvalue weighted by Crippen LogP contribution is -2.58. The molecule has 4 aliphatic carbocycles. The van der Waals surface area contributed by atoms with Crippen LogP contribution >= 0.6 is 0 Å². The Bertz CT molecular complexity index is 706. The fourth-order valence-electron chi connectivity index (χ4n) is 9.32. The van der Waals surface area contributed by atoms with Gasteiger partial charge < -0.3 is 0 Å². The molecule has 0 spiro atoms. The van der Waals surface area contributed by atoms with Gasteiger partial charge in [-0.25, -0.2) is 0 Å². The van der Waals surface area contributed by atoms with Crippen molar-refractivity contribution in [2.75, 3.05) is 0 Å². The van der Waals surface area contributed by atoms with E-state index in [1.165, 1.54) is 51.4 Å². The predicted molar refractivity (Wildman–Crippen MR) is 123 cm³/mol. The van der Waals surface area contributed by atoms with E-state index in [0.717, 1.165) is 42.4 Å². The quantitative estimate of drug-likeness (QED) is 0.468. The molecule has 0 saturated heterocycles. The van der Waals surface area contributed by atoms with Crippen molar-refractivity contribution in [2.24, 2.45) is 51.8 Å².